The van der Waals surface area contributed by atoms with E-state index in [0.717, 1.165) is 14.6 Å². The average Bonchev–Trinajstić information content (AvgIpc) is 2.28. The first kappa shape index (κ1) is 15.0. The van der Waals surface area contributed by atoms with E-state index in [0.29, 0.717) is 19.6 Å². The Kier molecular flexibility index (Phi) is 7.22. The third kappa shape index (κ3) is 5.44. The molecule has 0 saturated heterocycles. The smallest absolute Gasteiger partial charge is 0.0684 e. The number of nitrogens with zero attached hydrogens (tertiary/aromatic N) is 1. The molecular formula is C11H16Br2N2O2. The number of aliphatic hydroxyl groups is 1. The van der Waals surface area contributed by atoms with Crippen LogP contribution in [0.25, 0.3) is 0 Å². The molecule has 6 heteroatoms. The number of methoxy groups -OCH3 is 1. The van der Waals surface area contributed by atoms with E-state index in [2.05, 4.69) is 42.2 Å². The predicted molar refractivity (Wildman–Crippen MR) is 73.8 cm³/mol. The monoisotopic (exact) mass is 366 g/mol. The summed E-state index contributed by atoms with van der Waals surface area (Å²) in [4.78, 5) is 4.31. The number of aromatic nitrogens is 1. The van der Waals surface area contributed by atoms with E-state index in [9.17, 15) is 0 Å². The molecule has 96 valence electrons. The van der Waals surface area contributed by atoms with Crippen LogP contribution in [0.4, 0.5) is 0 Å². The third-order valence-electron chi connectivity index (χ3n) is 2.29. The highest BCUT2D eigenvalue weighted by molar-refractivity contribution is 9.11. The summed E-state index contributed by atoms with van der Waals surface area (Å²) in [5, 5.41) is 12.2. The van der Waals surface area contributed by atoms with Gasteiger partial charge in [0.25, 0.3) is 0 Å². The molecule has 0 spiro atoms. The summed E-state index contributed by atoms with van der Waals surface area (Å²) in [6.07, 6.45) is 2.43. The Labute approximate surface area is 118 Å². The van der Waals surface area contributed by atoms with Crippen LogP contribution >= 0.6 is 31.9 Å². The fourth-order valence-electron chi connectivity index (χ4n) is 1.42. The Hall–Kier alpha value is -0.0100. The lowest BCUT2D eigenvalue weighted by Gasteiger charge is -2.16. The lowest BCUT2D eigenvalue weighted by Crippen LogP contribution is -2.34. The van der Waals surface area contributed by atoms with Crippen LogP contribution in [0, 0.1) is 0 Å². The van der Waals surface area contributed by atoms with Gasteiger partial charge in [-0.2, -0.15) is 0 Å². The van der Waals surface area contributed by atoms with Crippen molar-refractivity contribution in [3.05, 3.63) is 26.9 Å². The highest BCUT2D eigenvalue weighted by Crippen LogP contribution is 2.19. The van der Waals surface area contributed by atoms with Gasteiger partial charge in [0, 0.05) is 41.4 Å². The zero-order valence-electron chi connectivity index (χ0n) is 9.62. The molecule has 17 heavy (non-hydrogen) atoms. The molecule has 0 amide bonds. The predicted octanol–water partition coefficient (Wildman–Crippen LogP) is 2.09. The second-order valence-corrected chi connectivity index (χ2v) is 5.40. The van der Waals surface area contributed by atoms with Gasteiger partial charge in [-0.25, -0.2) is 0 Å². The van der Waals surface area contributed by atoms with Crippen molar-refractivity contribution in [2.45, 2.75) is 19.0 Å². The number of ether oxygens (including phenoxy) is 1. The Morgan fingerprint density at radius 3 is 2.88 bits per heavy atom. The van der Waals surface area contributed by atoms with Crippen molar-refractivity contribution in [3.63, 3.8) is 0 Å². The SMILES string of the molecule is COCC(CCO)NCc1ncc(Br)cc1Br. The molecule has 0 aliphatic rings. The lowest BCUT2D eigenvalue weighted by atomic mass is 10.2. The first-order valence-corrected chi connectivity index (χ1v) is 6.89. The lowest BCUT2D eigenvalue weighted by molar-refractivity contribution is 0.147. The van der Waals surface area contributed by atoms with Gasteiger partial charge in [-0.1, -0.05) is 0 Å². The number of pyridine rings is 1. The van der Waals surface area contributed by atoms with Crippen LogP contribution < -0.4 is 5.32 Å². The van der Waals surface area contributed by atoms with Crippen LogP contribution in [0.3, 0.4) is 0 Å². The van der Waals surface area contributed by atoms with Gasteiger partial charge in [0.05, 0.1) is 12.3 Å². The zero-order valence-corrected chi connectivity index (χ0v) is 12.8. The van der Waals surface area contributed by atoms with E-state index in [1.54, 1.807) is 13.3 Å². The van der Waals surface area contributed by atoms with Crippen LogP contribution in [-0.4, -0.2) is 36.5 Å². The van der Waals surface area contributed by atoms with E-state index < -0.39 is 0 Å². The highest BCUT2D eigenvalue weighted by Gasteiger charge is 2.09. The summed E-state index contributed by atoms with van der Waals surface area (Å²) in [7, 11) is 1.65. The summed E-state index contributed by atoms with van der Waals surface area (Å²) in [6, 6.07) is 2.10. The van der Waals surface area contributed by atoms with Crippen LogP contribution in [0.5, 0.6) is 0 Å². The molecule has 0 saturated carbocycles. The van der Waals surface area contributed by atoms with Gasteiger partial charge in [0.2, 0.25) is 0 Å². The number of hydrogen-bond acceptors (Lipinski definition) is 4. The van der Waals surface area contributed by atoms with E-state index >= 15 is 0 Å². The molecule has 1 aromatic heterocycles. The van der Waals surface area contributed by atoms with Crippen molar-refractivity contribution in [1.82, 2.24) is 10.3 Å². The second-order valence-electron chi connectivity index (χ2n) is 3.63. The van der Waals surface area contributed by atoms with Gasteiger partial charge in [0.15, 0.2) is 0 Å². The fourth-order valence-corrected chi connectivity index (χ4v) is 2.54. The van der Waals surface area contributed by atoms with Crippen LogP contribution in [0.1, 0.15) is 12.1 Å². The molecule has 0 radical (unpaired) electrons. The quantitative estimate of drug-likeness (QED) is 0.774. The molecule has 1 heterocycles. The largest absolute Gasteiger partial charge is 0.396 e. The van der Waals surface area contributed by atoms with Crippen molar-refractivity contribution in [2.24, 2.45) is 0 Å². The minimum Gasteiger partial charge on any atom is -0.396 e. The number of aliphatic hydroxyl groups excluding tert-OH is 1. The van der Waals surface area contributed by atoms with Gasteiger partial charge in [-0.05, 0) is 44.3 Å². The molecule has 2 N–H and O–H groups in total. The van der Waals surface area contributed by atoms with E-state index in [1.165, 1.54) is 0 Å². The highest BCUT2D eigenvalue weighted by atomic mass is 79.9. The van der Waals surface area contributed by atoms with E-state index in [-0.39, 0.29) is 12.6 Å². The molecule has 1 rings (SSSR count). The van der Waals surface area contributed by atoms with Gasteiger partial charge >= 0.3 is 0 Å². The van der Waals surface area contributed by atoms with Gasteiger partial charge < -0.3 is 15.2 Å². The summed E-state index contributed by atoms with van der Waals surface area (Å²) < 4.78 is 6.98. The maximum atomic E-state index is 8.92. The average molecular weight is 368 g/mol. The van der Waals surface area contributed by atoms with Crippen LogP contribution in [-0.2, 0) is 11.3 Å². The number of hydrogen-bond donors (Lipinski definition) is 2. The molecule has 4 nitrogen and oxygen atoms in total. The molecule has 0 bridgehead atoms. The number of rotatable bonds is 7. The van der Waals surface area contributed by atoms with Gasteiger partial charge in [-0.3, -0.25) is 4.98 Å². The summed E-state index contributed by atoms with van der Waals surface area (Å²) in [5.41, 5.74) is 0.937. The topological polar surface area (TPSA) is 54.4 Å². The van der Waals surface area contributed by atoms with Crippen molar-refractivity contribution in [1.29, 1.82) is 0 Å². The summed E-state index contributed by atoms with van der Waals surface area (Å²) in [6.45, 7) is 1.37. The Balaban J connectivity index is 2.52. The molecule has 1 atom stereocenters. The van der Waals surface area contributed by atoms with Gasteiger partial charge in [-0.15, -0.1) is 0 Å². The Morgan fingerprint density at radius 1 is 1.53 bits per heavy atom. The molecular weight excluding hydrogens is 352 g/mol. The van der Waals surface area contributed by atoms with E-state index in [1.807, 2.05) is 6.07 Å². The molecule has 0 aromatic carbocycles. The molecule has 1 unspecified atom stereocenters. The second kappa shape index (κ2) is 8.16. The van der Waals surface area contributed by atoms with Crippen LogP contribution in [0.15, 0.2) is 21.2 Å². The molecule has 0 aliphatic heterocycles. The minimum atomic E-state index is 0.141. The maximum Gasteiger partial charge on any atom is 0.0684 e. The van der Waals surface area contributed by atoms with Crippen molar-refractivity contribution >= 4 is 31.9 Å². The molecule has 1 aromatic rings. The number of halogens is 2. The normalized spacial score (nSPS) is 12.7. The van der Waals surface area contributed by atoms with Gasteiger partial charge in [0.1, 0.15) is 0 Å². The molecule has 0 fully saturated rings. The first-order chi connectivity index (χ1) is 8.17. The Morgan fingerprint density at radius 2 is 2.29 bits per heavy atom. The van der Waals surface area contributed by atoms with Crippen molar-refractivity contribution in [2.75, 3.05) is 20.3 Å². The Bertz CT molecular complexity index is 344. The summed E-state index contributed by atoms with van der Waals surface area (Å²) in [5.74, 6) is 0. The number of nitrogens with one attached hydrogen (secondary N) is 1. The molecule has 0 aliphatic carbocycles. The minimum absolute atomic E-state index is 0.141. The third-order valence-corrected chi connectivity index (χ3v) is 3.41. The fraction of sp³-hybridized carbons (Fsp3) is 0.545. The van der Waals surface area contributed by atoms with Crippen molar-refractivity contribution < 1.29 is 9.84 Å². The maximum absolute atomic E-state index is 8.92. The first-order valence-electron chi connectivity index (χ1n) is 5.30. The standard InChI is InChI=1S/C11H16Br2N2O2/c1-17-7-9(2-3-16)14-6-11-10(13)4-8(12)5-15-11/h4-5,9,14,16H,2-3,6-7H2,1H3. The van der Waals surface area contributed by atoms with Crippen molar-refractivity contribution in [3.8, 4) is 0 Å². The zero-order chi connectivity index (χ0) is 12.7. The van der Waals surface area contributed by atoms with E-state index in [4.69, 9.17) is 9.84 Å². The summed E-state index contributed by atoms with van der Waals surface area (Å²) >= 11 is 6.82. The van der Waals surface area contributed by atoms with Crippen LogP contribution in [0.2, 0.25) is 0 Å².